The molecular weight excluding hydrogens is 194 g/mol. The molecule has 1 saturated heterocycles. The first-order chi connectivity index (χ1) is 7.00. The second kappa shape index (κ2) is 5.35. The smallest absolute Gasteiger partial charge is 0.409 e. The molecule has 0 aromatic heterocycles. The monoisotopic (exact) mass is 215 g/mol. The number of amides is 1. The van der Waals surface area contributed by atoms with Crippen LogP contribution in [0.5, 0.6) is 0 Å². The minimum Gasteiger partial charge on any atom is -0.446 e. The Morgan fingerprint density at radius 3 is 2.67 bits per heavy atom. The summed E-state index contributed by atoms with van der Waals surface area (Å²) in [7, 11) is 3.39. The lowest BCUT2D eigenvalue weighted by molar-refractivity contribution is -0.0696. The van der Waals surface area contributed by atoms with Crippen LogP contribution in [0.4, 0.5) is 4.79 Å². The van der Waals surface area contributed by atoms with E-state index in [0.717, 1.165) is 12.8 Å². The summed E-state index contributed by atoms with van der Waals surface area (Å²) in [5, 5.41) is 0. The molecule has 0 radical (unpaired) electrons. The molecule has 1 aliphatic heterocycles. The zero-order valence-electron chi connectivity index (χ0n) is 10.0. The first kappa shape index (κ1) is 12.3. The summed E-state index contributed by atoms with van der Waals surface area (Å²) in [4.78, 5) is 12.8. The van der Waals surface area contributed by atoms with Crippen molar-refractivity contribution in [2.75, 3.05) is 20.7 Å². The molecule has 0 aliphatic carbocycles. The van der Waals surface area contributed by atoms with E-state index in [9.17, 15) is 4.79 Å². The average molecular weight is 215 g/mol. The predicted octanol–water partition coefficient (Wildman–Crippen LogP) is 1.89. The van der Waals surface area contributed by atoms with Crippen LogP contribution < -0.4 is 0 Å². The Balaban J connectivity index is 2.39. The Bertz CT molecular complexity index is 216. The lowest BCUT2D eigenvalue weighted by Crippen LogP contribution is -2.37. The quantitative estimate of drug-likeness (QED) is 0.706. The summed E-state index contributed by atoms with van der Waals surface area (Å²) in [6.07, 6.45) is 1.60. The number of hydrogen-bond acceptors (Lipinski definition) is 3. The van der Waals surface area contributed by atoms with Gasteiger partial charge in [-0.25, -0.2) is 4.79 Å². The van der Waals surface area contributed by atoms with Crippen molar-refractivity contribution in [3.63, 3.8) is 0 Å². The lowest BCUT2D eigenvalue weighted by Gasteiger charge is -2.32. The normalized spacial score (nSPS) is 26.5. The van der Waals surface area contributed by atoms with Gasteiger partial charge in [0.1, 0.15) is 6.10 Å². The lowest BCUT2D eigenvalue weighted by atomic mass is 9.97. The van der Waals surface area contributed by atoms with Crippen molar-refractivity contribution in [2.24, 2.45) is 5.92 Å². The number of carbonyl (C=O) groups excluding carboxylic acids is 1. The number of ether oxygens (including phenoxy) is 2. The molecule has 1 rings (SSSR count). The maximum absolute atomic E-state index is 11.4. The average Bonchev–Trinajstić information content (AvgIpc) is 2.18. The van der Waals surface area contributed by atoms with Gasteiger partial charge in [0.25, 0.3) is 0 Å². The standard InChI is InChI=1S/C11H21NO3/c1-8(2)10-7-9(5-6-14-10)15-11(13)12(3)4/h8-10H,5-7H2,1-4H3/t9-,10+/m1/s1. The number of hydrogen-bond donors (Lipinski definition) is 0. The molecule has 1 heterocycles. The number of rotatable bonds is 2. The first-order valence-electron chi connectivity index (χ1n) is 5.50. The molecule has 0 bridgehead atoms. The van der Waals surface area contributed by atoms with Crippen LogP contribution in [-0.4, -0.2) is 43.9 Å². The number of carbonyl (C=O) groups is 1. The van der Waals surface area contributed by atoms with Crippen LogP contribution in [0.25, 0.3) is 0 Å². The third-order valence-corrected chi connectivity index (χ3v) is 2.64. The molecule has 0 N–H and O–H groups in total. The van der Waals surface area contributed by atoms with Gasteiger partial charge in [-0.15, -0.1) is 0 Å². The molecule has 0 spiro atoms. The first-order valence-corrected chi connectivity index (χ1v) is 5.50. The summed E-state index contributed by atoms with van der Waals surface area (Å²) in [5.74, 6) is 0.478. The van der Waals surface area contributed by atoms with Crippen molar-refractivity contribution in [3.05, 3.63) is 0 Å². The fourth-order valence-electron chi connectivity index (χ4n) is 1.62. The summed E-state index contributed by atoms with van der Waals surface area (Å²) in [6.45, 7) is 4.94. The summed E-state index contributed by atoms with van der Waals surface area (Å²) < 4.78 is 10.9. The van der Waals surface area contributed by atoms with Gasteiger partial charge >= 0.3 is 6.09 Å². The van der Waals surface area contributed by atoms with Crippen LogP contribution in [0.3, 0.4) is 0 Å². The van der Waals surface area contributed by atoms with Crippen molar-refractivity contribution in [2.45, 2.75) is 38.9 Å². The topological polar surface area (TPSA) is 38.8 Å². The van der Waals surface area contributed by atoms with E-state index in [4.69, 9.17) is 9.47 Å². The molecular formula is C11H21NO3. The van der Waals surface area contributed by atoms with Gasteiger partial charge in [-0.1, -0.05) is 13.8 Å². The van der Waals surface area contributed by atoms with Crippen LogP contribution in [-0.2, 0) is 9.47 Å². The van der Waals surface area contributed by atoms with Crippen LogP contribution in [0, 0.1) is 5.92 Å². The summed E-state index contributed by atoms with van der Waals surface area (Å²) in [6, 6.07) is 0. The number of nitrogens with zero attached hydrogens (tertiary/aromatic N) is 1. The van der Waals surface area contributed by atoms with Gasteiger partial charge in [-0.05, 0) is 5.92 Å². The van der Waals surface area contributed by atoms with Crippen LogP contribution in [0.15, 0.2) is 0 Å². The Kier molecular flexibility index (Phi) is 4.39. The molecule has 2 atom stereocenters. The molecule has 0 saturated carbocycles. The molecule has 0 aromatic carbocycles. The largest absolute Gasteiger partial charge is 0.446 e. The fourth-order valence-corrected chi connectivity index (χ4v) is 1.62. The Hall–Kier alpha value is -0.770. The van der Waals surface area contributed by atoms with Crippen molar-refractivity contribution in [1.29, 1.82) is 0 Å². The molecule has 1 amide bonds. The minimum absolute atomic E-state index is 0.0149. The van der Waals surface area contributed by atoms with Crippen molar-refractivity contribution in [1.82, 2.24) is 4.90 Å². The minimum atomic E-state index is -0.260. The Labute approximate surface area is 91.5 Å². The van der Waals surface area contributed by atoms with Crippen LogP contribution in [0.1, 0.15) is 26.7 Å². The summed E-state index contributed by atoms with van der Waals surface area (Å²) >= 11 is 0. The third-order valence-electron chi connectivity index (χ3n) is 2.64. The summed E-state index contributed by atoms with van der Waals surface area (Å²) in [5.41, 5.74) is 0. The molecule has 15 heavy (non-hydrogen) atoms. The molecule has 0 unspecified atom stereocenters. The predicted molar refractivity (Wildman–Crippen MR) is 57.8 cm³/mol. The van der Waals surface area contributed by atoms with Crippen LogP contribution >= 0.6 is 0 Å². The van der Waals surface area contributed by atoms with Gasteiger partial charge in [-0.3, -0.25) is 0 Å². The highest BCUT2D eigenvalue weighted by atomic mass is 16.6. The SMILES string of the molecule is CC(C)[C@@H]1C[C@H](OC(=O)N(C)C)CCO1. The van der Waals surface area contributed by atoms with Crippen molar-refractivity contribution >= 4 is 6.09 Å². The fraction of sp³-hybridized carbons (Fsp3) is 0.909. The Morgan fingerprint density at radius 2 is 2.13 bits per heavy atom. The highest BCUT2D eigenvalue weighted by Crippen LogP contribution is 2.22. The highest BCUT2D eigenvalue weighted by molar-refractivity contribution is 5.66. The van der Waals surface area contributed by atoms with E-state index < -0.39 is 0 Å². The maximum atomic E-state index is 11.4. The van der Waals surface area contributed by atoms with Crippen molar-refractivity contribution in [3.8, 4) is 0 Å². The Morgan fingerprint density at radius 1 is 1.47 bits per heavy atom. The van der Waals surface area contributed by atoms with Gasteiger partial charge in [0.05, 0.1) is 12.7 Å². The highest BCUT2D eigenvalue weighted by Gasteiger charge is 2.27. The molecule has 4 nitrogen and oxygen atoms in total. The third kappa shape index (κ3) is 3.70. The van der Waals surface area contributed by atoms with E-state index in [2.05, 4.69) is 13.8 Å². The zero-order chi connectivity index (χ0) is 11.4. The molecule has 0 aromatic rings. The van der Waals surface area contributed by atoms with E-state index in [0.29, 0.717) is 12.5 Å². The van der Waals surface area contributed by atoms with Crippen LogP contribution in [0.2, 0.25) is 0 Å². The molecule has 4 heteroatoms. The van der Waals surface area contributed by atoms with Gasteiger partial charge in [0.2, 0.25) is 0 Å². The zero-order valence-corrected chi connectivity index (χ0v) is 10.0. The second-order valence-electron chi connectivity index (χ2n) is 4.58. The van der Waals surface area contributed by atoms with E-state index in [1.54, 1.807) is 14.1 Å². The molecule has 1 aliphatic rings. The molecule has 88 valence electrons. The van der Waals surface area contributed by atoms with Gasteiger partial charge in [0, 0.05) is 26.9 Å². The molecule has 1 fully saturated rings. The van der Waals surface area contributed by atoms with Gasteiger partial charge in [0.15, 0.2) is 0 Å². The van der Waals surface area contributed by atoms with E-state index in [1.807, 2.05) is 0 Å². The maximum Gasteiger partial charge on any atom is 0.409 e. The second-order valence-corrected chi connectivity index (χ2v) is 4.58. The van der Waals surface area contributed by atoms with E-state index in [-0.39, 0.29) is 18.3 Å². The van der Waals surface area contributed by atoms with E-state index in [1.165, 1.54) is 4.90 Å². The van der Waals surface area contributed by atoms with Crippen molar-refractivity contribution < 1.29 is 14.3 Å². The van der Waals surface area contributed by atoms with Gasteiger partial charge in [-0.2, -0.15) is 0 Å². The van der Waals surface area contributed by atoms with E-state index >= 15 is 0 Å². The van der Waals surface area contributed by atoms with Gasteiger partial charge < -0.3 is 14.4 Å².